The van der Waals surface area contributed by atoms with Gasteiger partial charge in [-0.3, -0.25) is 9.59 Å². The van der Waals surface area contributed by atoms with E-state index in [0.717, 1.165) is 27.8 Å². The highest BCUT2D eigenvalue weighted by atomic mass is 16.5. The zero-order valence-corrected chi connectivity index (χ0v) is 24.8. The van der Waals surface area contributed by atoms with Crippen LogP contribution in [-0.2, 0) is 20.9 Å². The van der Waals surface area contributed by atoms with Crippen molar-refractivity contribution in [3.05, 3.63) is 108 Å². The van der Waals surface area contributed by atoms with Gasteiger partial charge in [-0.25, -0.2) is 4.99 Å². The highest BCUT2D eigenvalue weighted by Crippen LogP contribution is 2.29. The zero-order chi connectivity index (χ0) is 31.0. The van der Waals surface area contributed by atoms with E-state index in [9.17, 15) is 14.7 Å². The van der Waals surface area contributed by atoms with E-state index in [1.165, 1.54) is 0 Å². The van der Waals surface area contributed by atoms with Crippen molar-refractivity contribution in [1.29, 1.82) is 5.26 Å². The van der Waals surface area contributed by atoms with Crippen LogP contribution in [0.5, 0.6) is 0 Å². The quantitative estimate of drug-likeness (QED) is 0.165. The van der Waals surface area contributed by atoms with E-state index in [4.69, 9.17) is 15.0 Å². The minimum absolute atomic E-state index is 0.172. The van der Waals surface area contributed by atoms with Gasteiger partial charge in [-0.2, -0.15) is 5.26 Å². The summed E-state index contributed by atoms with van der Waals surface area (Å²) in [5.74, 6) is -1.12. The van der Waals surface area contributed by atoms with Gasteiger partial charge >= 0.3 is 5.97 Å². The second kappa shape index (κ2) is 13.7. The summed E-state index contributed by atoms with van der Waals surface area (Å²) in [7, 11) is 1.56. The highest BCUT2D eigenvalue weighted by Gasteiger charge is 2.33. The number of nitrogens with one attached hydrogen (secondary N) is 1. The molecule has 0 saturated heterocycles. The van der Waals surface area contributed by atoms with Crippen LogP contribution in [-0.4, -0.2) is 40.5 Å². The number of aliphatic carboxylic acids is 1. The molecular weight excluding hydrogens is 540 g/mol. The van der Waals surface area contributed by atoms with Crippen LogP contribution in [0.3, 0.4) is 0 Å². The number of amides is 1. The number of benzene rings is 3. The maximum atomic E-state index is 12.9. The van der Waals surface area contributed by atoms with Crippen molar-refractivity contribution in [3.63, 3.8) is 0 Å². The fourth-order valence-corrected chi connectivity index (χ4v) is 4.72. The van der Waals surface area contributed by atoms with Crippen LogP contribution in [0.25, 0.3) is 22.3 Å². The number of rotatable bonds is 10. The number of hydrogen-bond acceptors (Lipinski definition) is 5. The van der Waals surface area contributed by atoms with E-state index in [2.05, 4.69) is 11.4 Å². The lowest BCUT2D eigenvalue weighted by Crippen LogP contribution is -2.41. The molecule has 2 N–H and O–H groups in total. The average molecular weight is 577 g/mol. The van der Waals surface area contributed by atoms with Gasteiger partial charge in [-0.15, -0.1) is 0 Å². The molecule has 0 spiro atoms. The van der Waals surface area contributed by atoms with E-state index in [1.54, 1.807) is 23.7 Å². The van der Waals surface area contributed by atoms with Crippen LogP contribution < -0.4 is 5.32 Å². The van der Waals surface area contributed by atoms with Gasteiger partial charge in [0.15, 0.2) is 0 Å². The van der Waals surface area contributed by atoms with E-state index >= 15 is 0 Å². The Hall–Kier alpha value is -5.16. The fourth-order valence-electron chi connectivity index (χ4n) is 4.72. The lowest BCUT2D eigenvalue weighted by Gasteiger charge is -2.28. The summed E-state index contributed by atoms with van der Waals surface area (Å²) in [5.41, 5.74) is 4.82. The molecule has 0 bridgehead atoms. The van der Waals surface area contributed by atoms with Crippen molar-refractivity contribution in [1.82, 2.24) is 9.88 Å². The number of carboxylic acid groups (broad SMARTS) is 1. The first-order valence-corrected chi connectivity index (χ1v) is 14.1. The second-order valence-corrected chi connectivity index (χ2v) is 11.4. The van der Waals surface area contributed by atoms with Gasteiger partial charge in [-0.1, -0.05) is 87.5 Å². The molecule has 0 aliphatic heterocycles. The molecule has 3 aromatic carbocycles. The third kappa shape index (κ3) is 7.98. The number of carbonyl (C=O) groups excluding carboxylic acids is 1. The number of ether oxygens (including phenoxy) is 1. The van der Waals surface area contributed by atoms with Crippen molar-refractivity contribution in [3.8, 4) is 28.3 Å². The number of hydrogen-bond donors (Lipinski definition) is 2. The summed E-state index contributed by atoms with van der Waals surface area (Å²) in [4.78, 5) is 29.8. The Labute approximate surface area is 252 Å². The van der Waals surface area contributed by atoms with Crippen LogP contribution in [0, 0.1) is 16.7 Å². The number of carbonyl (C=O) groups is 2. The summed E-state index contributed by atoms with van der Waals surface area (Å²) in [6.45, 7) is 5.90. The minimum atomic E-state index is -1.02. The smallest absolute Gasteiger partial charge is 0.305 e. The molecule has 220 valence electrons. The summed E-state index contributed by atoms with van der Waals surface area (Å²) in [5, 5.41) is 21.6. The molecule has 4 rings (SSSR count). The lowest BCUT2D eigenvalue weighted by molar-refractivity contribution is -0.137. The predicted octanol–water partition coefficient (Wildman–Crippen LogP) is 6.49. The molecule has 1 heterocycles. The Kier molecular flexibility index (Phi) is 9.79. The first-order chi connectivity index (χ1) is 20.6. The molecule has 8 nitrogen and oxygen atoms in total. The van der Waals surface area contributed by atoms with Gasteiger partial charge in [0.25, 0.3) is 0 Å². The molecule has 8 heteroatoms. The summed E-state index contributed by atoms with van der Waals surface area (Å²) < 4.78 is 8.01. The van der Waals surface area contributed by atoms with Gasteiger partial charge < -0.3 is 19.7 Å². The fraction of sp³-hybridized carbons (Fsp3) is 0.257. The Morgan fingerprint density at radius 3 is 2.05 bits per heavy atom. The van der Waals surface area contributed by atoms with Gasteiger partial charge in [0.05, 0.1) is 18.1 Å². The van der Waals surface area contributed by atoms with Crippen molar-refractivity contribution >= 4 is 17.8 Å². The monoisotopic (exact) mass is 576 g/mol. The van der Waals surface area contributed by atoms with E-state index in [0.29, 0.717) is 5.56 Å². The van der Waals surface area contributed by atoms with Gasteiger partial charge in [-0.05, 0) is 51.4 Å². The molecule has 1 amide bonds. The molecule has 1 aromatic heterocycles. The Morgan fingerprint density at radius 1 is 0.930 bits per heavy atom. The molecule has 0 unspecified atom stereocenters. The molecule has 2 atom stereocenters. The van der Waals surface area contributed by atoms with E-state index < -0.39 is 23.5 Å². The molecular formula is C35H36N4O4. The number of aromatic nitrogens is 1. The number of aliphatic imine (C=N–C) groups is 1. The largest absolute Gasteiger partial charge is 0.481 e. The molecule has 4 aromatic rings. The summed E-state index contributed by atoms with van der Waals surface area (Å²) >= 11 is 0. The zero-order valence-electron chi connectivity index (χ0n) is 24.8. The third-order valence-corrected chi connectivity index (χ3v) is 7.09. The van der Waals surface area contributed by atoms with Crippen molar-refractivity contribution < 1.29 is 19.4 Å². The van der Waals surface area contributed by atoms with E-state index in [1.807, 2.05) is 106 Å². The molecule has 0 saturated carbocycles. The van der Waals surface area contributed by atoms with Crippen LogP contribution in [0.15, 0.2) is 102 Å². The first kappa shape index (κ1) is 30.8. The molecule has 0 aliphatic rings. The lowest BCUT2D eigenvalue weighted by atomic mass is 9.86. The summed E-state index contributed by atoms with van der Waals surface area (Å²) in [6.07, 6.45) is 3.40. The first-order valence-electron chi connectivity index (χ1n) is 14.1. The maximum absolute atomic E-state index is 12.9. The van der Waals surface area contributed by atoms with Crippen molar-refractivity contribution in [2.45, 2.75) is 45.9 Å². The number of nitrogens with zero attached hydrogens (tertiary/aromatic N) is 3. The summed E-state index contributed by atoms with van der Waals surface area (Å²) in [6, 6.07) is 27.4. The van der Waals surface area contributed by atoms with Gasteiger partial charge in [0.1, 0.15) is 18.7 Å². The van der Waals surface area contributed by atoms with E-state index in [-0.39, 0.29) is 24.8 Å². The minimum Gasteiger partial charge on any atom is -0.481 e. The standard InChI is InChI=1S/C35H36N4O4/c1-35(2,3)32(33(42)37-4)38-34(43-23-25-8-6-5-7-9-25)30(20-31(40)41)39-19-18-29(22-39)28-16-14-27(15-17-28)26-12-10-24(21-36)11-13-26/h5-19,22,30,32H,20,23H2,1-4H3,(H,37,42)(H,40,41)/t30-,32-/m1/s1. The molecule has 43 heavy (non-hydrogen) atoms. The molecule has 0 radical (unpaired) electrons. The average Bonchev–Trinajstić information content (AvgIpc) is 3.50. The maximum Gasteiger partial charge on any atom is 0.305 e. The Bertz CT molecular complexity index is 1610. The number of likely N-dealkylation sites (N-methyl/N-ethyl adjacent to an activating group) is 1. The molecule has 0 aliphatic carbocycles. The van der Waals surface area contributed by atoms with Crippen LogP contribution >= 0.6 is 0 Å². The van der Waals surface area contributed by atoms with Crippen LogP contribution in [0.4, 0.5) is 0 Å². The third-order valence-electron chi connectivity index (χ3n) is 7.09. The van der Waals surface area contributed by atoms with Crippen LogP contribution in [0.2, 0.25) is 0 Å². The SMILES string of the molecule is CNC(=O)[C@@H](N=C(OCc1ccccc1)[C@@H](CC(=O)O)n1ccc(-c2ccc(-c3ccc(C#N)cc3)cc2)c1)C(C)(C)C. The number of nitriles is 1. The highest BCUT2D eigenvalue weighted by molar-refractivity contribution is 5.90. The molecule has 0 fully saturated rings. The van der Waals surface area contributed by atoms with Crippen molar-refractivity contribution in [2.75, 3.05) is 7.05 Å². The predicted molar refractivity (Wildman–Crippen MR) is 167 cm³/mol. The second-order valence-electron chi connectivity index (χ2n) is 11.4. The Morgan fingerprint density at radius 2 is 1.51 bits per heavy atom. The number of carboxylic acids is 1. The van der Waals surface area contributed by atoms with Crippen molar-refractivity contribution in [2.24, 2.45) is 10.4 Å². The van der Waals surface area contributed by atoms with Gasteiger partial charge in [0.2, 0.25) is 11.8 Å². The van der Waals surface area contributed by atoms with Crippen LogP contribution in [0.1, 0.15) is 44.4 Å². The Balaban J connectivity index is 1.69. The van der Waals surface area contributed by atoms with Gasteiger partial charge in [0, 0.05) is 19.4 Å². The topological polar surface area (TPSA) is 117 Å². The normalized spacial score (nSPS) is 13.0.